The summed E-state index contributed by atoms with van der Waals surface area (Å²) >= 11 is 0. The van der Waals surface area contributed by atoms with Crippen molar-refractivity contribution in [3.63, 3.8) is 0 Å². The summed E-state index contributed by atoms with van der Waals surface area (Å²) in [6.45, 7) is 5.13. The molecule has 0 fully saturated rings. The first-order chi connectivity index (χ1) is 9.36. The number of hydrogen-bond donors (Lipinski definition) is 0. The van der Waals surface area contributed by atoms with Gasteiger partial charge in [-0.3, -0.25) is 0 Å². The summed E-state index contributed by atoms with van der Waals surface area (Å²) in [7, 11) is -3.45. The predicted molar refractivity (Wildman–Crippen MR) is 76.6 cm³/mol. The van der Waals surface area contributed by atoms with Gasteiger partial charge in [0, 0.05) is 5.56 Å². The standard InChI is InChI=1S/C14H15N3O2S/c1-10(2)20(18,19)17-9-13(8-16-17)14-6-12(7-15)5-4-11(14)3/h4-6,8-10H,1-3H3. The maximum absolute atomic E-state index is 12.0. The fraction of sp³-hybridized carbons (Fsp3) is 0.286. The van der Waals surface area contributed by atoms with E-state index in [9.17, 15) is 8.42 Å². The van der Waals surface area contributed by atoms with Crippen molar-refractivity contribution in [1.29, 1.82) is 5.26 Å². The number of hydrogen-bond acceptors (Lipinski definition) is 4. The molecule has 104 valence electrons. The Hall–Kier alpha value is -2.13. The summed E-state index contributed by atoms with van der Waals surface area (Å²) in [6.07, 6.45) is 2.99. The van der Waals surface area contributed by atoms with Crippen LogP contribution in [0.5, 0.6) is 0 Å². The summed E-state index contributed by atoms with van der Waals surface area (Å²) in [5.41, 5.74) is 2.99. The molecule has 2 aromatic rings. The largest absolute Gasteiger partial charge is 0.256 e. The molecule has 0 N–H and O–H groups in total. The van der Waals surface area contributed by atoms with Crippen LogP contribution in [0.3, 0.4) is 0 Å². The second kappa shape index (κ2) is 5.10. The summed E-state index contributed by atoms with van der Waals surface area (Å²) in [6, 6.07) is 7.37. The van der Waals surface area contributed by atoms with Crippen molar-refractivity contribution in [1.82, 2.24) is 9.19 Å². The van der Waals surface area contributed by atoms with E-state index in [1.54, 1.807) is 26.0 Å². The van der Waals surface area contributed by atoms with E-state index in [-0.39, 0.29) is 0 Å². The van der Waals surface area contributed by atoms with Crippen molar-refractivity contribution < 1.29 is 8.42 Å². The van der Waals surface area contributed by atoms with Gasteiger partial charge in [-0.05, 0) is 44.0 Å². The van der Waals surface area contributed by atoms with Crippen LogP contribution in [0.4, 0.5) is 0 Å². The highest BCUT2D eigenvalue weighted by Crippen LogP contribution is 2.24. The number of aryl methyl sites for hydroxylation is 1. The molecule has 0 saturated heterocycles. The Morgan fingerprint density at radius 3 is 2.65 bits per heavy atom. The summed E-state index contributed by atoms with van der Waals surface area (Å²) in [5, 5.41) is 12.3. The van der Waals surface area contributed by atoms with Crippen LogP contribution in [0.2, 0.25) is 0 Å². The minimum absolute atomic E-state index is 0.532. The fourth-order valence-electron chi connectivity index (χ4n) is 1.80. The second-order valence-electron chi connectivity index (χ2n) is 4.84. The number of nitriles is 1. The zero-order valence-corrected chi connectivity index (χ0v) is 12.3. The molecule has 0 aliphatic heterocycles. The zero-order valence-electron chi connectivity index (χ0n) is 11.5. The number of rotatable bonds is 3. The van der Waals surface area contributed by atoms with Crippen LogP contribution in [0.15, 0.2) is 30.6 Å². The molecule has 0 aliphatic rings. The third-order valence-electron chi connectivity index (χ3n) is 3.09. The van der Waals surface area contributed by atoms with Crippen LogP contribution in [0, 0.1) is 18.3 Å². The smallest absolute Gasteiger partial charge is 0.204 e. The minimum atomic E-state index is -3.45. The van der Waals surface area contributed by atoms with Gasteiger partial charge in [-0.15, -0.1) is 0 Å². The SMILES string of the molecule is Cc1ccc(C#N)cc1-c1cnn(S(=O)(=O)C(C)C)c1. The molecule has 0 saturated carbocycles. The normalized spacial score (nSPS) is 11.6. The highest BCUT2D eigenvalue weighted by Gasteiger charge is 2.20. The number of aromatic nitrogens is 2. The molecule has 0 radical (unpaired) electrons. The molecule has 0 spiro atoms. The van der Waals surface area contributed by atoms with Crippen LogP contribution >= 0.6 is 0 Å². The van der Waals surface area contributed by atoms with Gasteiger partial charge in [0.15, 0.2) is 0 Å². The first kappa shape index (κ1) is 14.3. The van der Waals surface area contributed by atoms with E-state index in [1.807, 2.05) is 13.0 Å². The van der Waals surface area contributed by atoms with Gasteiger partial charge in [0.25, 0.3) is 10.0 Å². The molecular weight excluding hydrogens is 274 g/mol. The Morgan fingerprint density at radius 1 is 1.35 bits per heavy atom. The maximum Gasteiger partial charge on any atom is 0.256 e. The first-order valence-corrected chi connectivity index (χ1v) is 7.66. The van der Waals surface area contributed by atoms with Crippen molar-refractivity contribution in [2.45, 2.75) is 26.0 Å². The Balaban J connectivity index is 2.52. The van der Waals surface area contributed by atoms with E-state index in [1.165, 1.54) is 12.4 Å². The predicted octanol–water partition coefficient (Wildman–Crippen LogP) is 2.32. The van der Waals surface area contributed by atoms with Crippen LogP contribution in [-0.4, -0.2) is 22.9 Å². The molecule has 1 heterocycles. The molecule has 0 atom stereocenters. The zero-order chi connectivity index (χ0) is 14.9. The molecule has 6 heteroatoms. The third-order valence-corrected chi connectivity index (χ3v) is 5.01. The monoisotopic (exact) mass is 289 g/mol. The lowest BCUT2D eigenvalue weighted by Crippen LogP contribution is -2.22. The average molecular weight is 289 g/mol. The third kappa shape index (κ3) is 2.45. The summed E-state index contributed by atoms with van der Waals surface area (Å²) in [5.74, 6) is 0. The molecule has 1 aromatic carbocycles. The van der Waals surface area contributed by atoms with Gasteiger partial charge in [-0.25, -0.2) is 8.42 Å². The van der Waals surface area contributed by atoms with Crippen molar-refractivity contribution in [3.05, 3.63) is 41.7 Å². The highest BCUT2D eigenvalue weighted by molar-refractivity contribution is 7.90. The van der Waals surface area contributed by atoms with E-state index in [4.69, 9.17) is 5.26 Å². The van der Waals surface area contributed by atoms with E-state index in [2.05, 4.69) is 11.2 Å². The van der Waals surface area contributed by atoms with Gasteiger partial charge in [0.2, 0.25) is 0 Å². The summed E-state index contributed by atoms with van der Waals surface area (Å²) in [4.78, 5) is 0. The van der Waals surface area contributed by atoms with Crippen molar-refractivity contribution in [2.24, 2.45) is 0 Å². The average Bonchev–Trinajstić information content (AvgIpc) is 2.89. The van der Waals surface area contributed by atoms with Gasteiger partial charge < -0.3 is 0 Å². The molecule has 5 nitrogen and oxygen atoms in total. The van der Waals surface area contributed by atoms with Crippen LogP contribution < -0.4 is 0 Å². The van der Waals surface area contributed by atoms with Gasteiger partial charge in [0.05, 0.1) is 29.3 Å². The van der Waals surface area contributed by atoms with Crippen molar-refractivity contribution >= 4 is 10.0 Å². The Labute approximate surface area is 118 Å². The Kier molecular flexibility index (Phi) is 3.64. The number of benzene rings is 1. The van der Waals surface area contributed by atoms with Gasteiger partial charge in [0.1, 0.15) is 0 Å². The van der Waals surface area contributed by atoms with E-state index >= 15 is 0 Å². The first-order valence-electron chi connectivity index (χ1n) is 6.16. The number of nitrogens with zero attached hydrogens (tertiary/aromatic N) is 3. The lowest BCUT2D eigenvalue weighted by atomic mass is 10.0. The van der Waals surface area contributed by atoms with Gasteiger partial charge in [-0.2, -0.15) is 14.4 Å². The topological polar surface area (TPSA) is 75.8 Å². The van der Waals surface area contributed by atoms with Crippen LogP contribution in [-0.2, 0) is 10.0 Å². The molecule has 2 rings (SSSR count). The van der Waals surface area contributed by atoms with Gasteiger partial charge in [-0.1, -0.05) is 6.07 Å². The van der Waals surface area contributed by atoms with Crippen LogP contribution in [0.25, 0.3) is 11.1 Å². The molecule has 0 unspecified atom stereocenters. The van der Waals surface area contributed by atoms with E-state index in [0.717, 1.165) is 15.2 Å². The highest BCUT2D eigenvalue weighted by atomic mass is 32.2. The molecule has 0 aliphatic carbocycles. The lowest BCUT2D eigenvalue weighted by molar-refractivity contribution is 0.571. The lowest BCUT2D eigenvalue weighted by Gasteiger charge is -2.07. The second-order valence-corrected chi connectivity index (χ2v) is 7.18. The quantitative estimate of drug-likeness (QED) is 0.869. The molecule has 0 bridgehead atoms. The Bertz CT molecular complexity index is 783. The fourth-order valence-corrected chi connectivity index (χ4v) is 2.67. The van der Waals surface area contributed by atoms with Crippen LogP contribution in [0.1, 0.15) is 25.0 Å². The molecule has 20 heavy (non-hydrogen) atoms. The van der Waals surface area contributed by atoms with E-state index < -0.39 is 15.3 Å². The molecule has 1 aromatic heterocycles. The van der Waals surface area contributed by atoms with Crippen molar-refractivity contribution in [2.75, 3.05) is 0 Å². The summed E-state index contributed by atoms with van der Waals surface area (Å²) < 4.78 is 25.1. The molecular formula is C14H15N3O2S. The van der Waals surface area contributed by atoms with Gasteiger partial charge >= 0.3 is 0 Å². The molecule has 0 amide bonds. The van der Waals surface area contributed by atoms with E-state index in [0.29, 0.717) is 11.1 Å². The maximum atomic E-state index is 12.0. The van der Waals surface area contributed by atoms with Crippen molar-refractivity contribution in [3.8, 4) is 17.2 Å². The Morgan fingerprint density at radius 2 is 2.05 bits per heavy atom. The minimum Gasteiger partial charge on any atom is -0.204 e.